The Labute approximate surface area is 116 Å². The Morgan fingerprint density at radius 2 is 2.05 bits per heavy atom. The second kappa shape index (κ2) is 6.51. The van der Waals surface area contributed by atoms with E-state index in [0.717, 1.165) is 26.2 Å². The molecule has 1 aromatic carbocycles. The Hall–Kier alpha value is -0.900. The standard InChI is InChI=1S/C16H26N2O/c1-16(2,13-19-3)18-11-7-10-17-15(12-18)14-8-5-4-6-9-14/h4-6,8-9,15,17H,7,10-13H2,1-3H3. The molecule has 0 amide bonds. The molecule has 1 unspecified atom stereocenters. The highest BCUT2D eigenvalue weighted by Crippen LogP contribution is 2.23. The minimum Gasteiger partial charge on any atom is -0.383 e. The van der Waals surface area contributed by atoms with Gasteiger partial charge < -0.3 is 10.1 Å². The average molecular weight is 262 g/mol. The number of ether oxygens (including phenoxy) is 1. The molecule has 0 saturated carbocycles. The number of nitrogens with one attached hydrogen (secondary N) is 1. The third-order valence-electron chi connectivity index (χ3n) is 3.95. The highest BCUT2D eigenvalue weighted by molar-refractivity contribution is 5.19. The van der Waals surface area contributed by atoms with Gasteiger partial charge in [0.2, 0.25) is 0 Å². The second-order valence-corrected chi connectivity index (χ2v) is 5.96. The van der Waals surface area contributed by atoms with E-state index in [1.165, 1.54) is 12.0 Å². The summed E-state index contributed by atoms with van der Waals surface area (Å²) in [5.41, 5.74) is 1.47. The van der Waals surface area contributed by atoms with Gasteiger partial charge in [-0.15, -0.1) is 0 Å². The van der Waals surface area contributed by atoms with Crippen LogP contribution in [0.1, 0.15) is 31.9 Å². The lowest BCUT2D eigenvalue weighted by Crippen LogP contribution is -2.49. The molecule has 1 fully saturated rings. The van der Waals surface area contributed by atoms with Crippen LogP contribution >= 0.6 is 0 Å². The Balaban J connectivity index is 2.11. The van der Waals surface area contributed by atoms with Crippen LogP contribution in [0.3, 0.4) is 0 Å². The first-order chi connectivity index (χ1) is 9.13. The summed E-state index contributed by atoms with van der Waals surface area (Å²) in [6.45, 7) is 8.56. The molecule has 2 rings (SSSR count). The van der Waals surface area contributed by atoms with E-state index in [4.69, 9.17) is 4.74 Å². The predicted molar refractivity (Wildman–Crippen MR) is 79.3 cm³/mol. The van der Waals surface area contributed by atoms with Crippen molar-refractivity contribution >= 4 is 0 Å². The third kappa shape index (κ3) is 3.78. The molecule has 1 heterocycles. The largest absolute Gasteiger partial charge is 0.383 e. The van der Waals surface area contributed by atoms with Gasteiger partial charge in [-0.05, 0) is 32.4 Å². The molecule has 1 aliphatic rings. The van der Waals surface area contributed by atoms with Crippen LogP contribution in [0, 0.1) is 0 Å². The fourth-order valence-electron chi connectivity index (χ4n) is 2.83. The van der Waals surface area contributed by atoms with E-state index >= 15 is 0 Å². The minimum absolute atomic E-state index is 0.0911. The maximum absolute atomic E-state index is 5.38. The molecule has 0 aromatic heterocycles. The van der Waals surface area contributed by atoms with Crippen LogP contribution in [0.2, 0.25) is 0 Å². The van der Waals surface area contributed by atoms with Gasteiger partial charge in [-0.2, -0.15) is 0 Å². The van der Waals surface area contributed by atoms with Crippen LogP contribution in [0.15, 0.2) is 30.3 Å². The van der Waals surface area contributed by atoms with Gasteiger partial charge in [0.15, 0.2) is 0 Å². The van der Waals surface area contributed by atoms with Crippen LogP contribution in [0.25, 0.3) is 0 Å². The molecule has 1 aromatic rings. The van der Waals surface area contributed by atoms with E-state index in [2.05, 4.69) is 54.4 Å². The van der Waals surface area contributed by atoms with E-state index in [1.54, 1.807) is 7.11 Å². The Kier molecular flexibility index (Phi) is 4.97. The summed E-state index contributed by atoms with van der Waals surface area (Å²) >= 11 is 0. The number of hydrogen-bond acceptors (Lipinski definition) is 3. The van der Waals surface area contributed by atoms with E-state index in [-0.39, 0.29) is 5.54 Å². The van der Waals surface area contributed by atoms with Crippen LogP contribution in [-0.4, -0.2) is 43.8 Å². The molecule has 1 atom stereocenters. The van der Waals surface area contributed by atoms with Crippen LogP contribution in [-0.2, 0) is 4.74 Å². The van der Waals surface area contributed by atoms with Crippen molar-refractivity contribution in [2.45, 2.75) is 31.8 Å². The first kappa shape index (κ1) is 14.5. The fourth-order valence-corrected chi connectivity index (χ4v) is 2.83. The first-order valence-corrected chi connectivity index (χ1v) is 7.16. The summed E-state index contributed by atoms with van der Waals surface area (Å²) in [6.07, 6.45) is 1.19. The molecule has 0 aliphatic carbocycles. The Bertz CT molecular complexity index is 378. The SMILES string of the molecule is COCC(C)(C)N1CCCNC(c2ccccc2)C1. The predicted octanol–water partition coefficient (Wildman–Crippen LogP) is 2.45. The fraction of sp³-hybridized carbons (Fsp3) is 0.625. The zero-order chi connectivity index (χ0) is 13.7. The van der Waals surface area contributed by atoms with Gasteiger partial charge in [0, 0.05) is 31.8 Å². The summed E-state index contributed by atoms with van der Waals surface area (Å²) in [4.78, 5) is 2.55. The molecular formula is C16H26N2O. The van der Waals surface area contributed by atoms with Gasteiger partial charge in [0.1, 0.15) is 0 Å². The van der Waals surface area contributed by atoms with E-state index in [9.17, 15) is 0 Å². The number of hydrogen-bond donors (Lipinski definition) is 1. The first-order valence-electron chi connectivity index (χ1n) is 7.16. The van der Waals surface area contributed by atoms with E-state index < -0.39 is 0 Å². The van der Waals surface area contributed by atoms with Gasteiger partial charge in [-0.3, -0.25) is 4.90 Å². The Morgan fingerprint density at radius 1 is 1.32 bits per heavy atom. The maximum atomic E-state index is 5.38. The topological polar surface area (TPSA) is 24.5 Å². The van der Waals surface area contributed by atoms with Crippen molar-refractivity contribution < 1.29 is 4.74 Å². The van der Waals surface area contributed by atoms with Crippen molar-refractivity contribution in [2.75, 3.05) is 33.4 Å². The van der Waals surface area contributed by atoms with Crippen molar-refractivity contribution in [1.82, 2.24) is 10.2 Å². The monoisotopic (exact) mass is 262 g/mol. The third-order valence-corrected chi connectivity index (χ3v) is 3.95. The molecule has 0 radical (unpaired) electrons. The number of rotatable bonds is 4. The van der Waals surface area contributed by atoms with Gasteiger partial charge in [-0.1, -0.05) is 30.3 Å². The Morgan fingerprint density at radius 3 is 2.74 bits per heavy atom. The lowest BCUT2D eigenvalue weighted by atomic mass is 10.0. The van der Waals surface area contributed by atoms with Gasteiger partial charge >= 0.3 is 0 Å². The second-order valence-electron chi connectivity index (χ2n) is 5.96. The van der Waals surface area contributed by atoms with Crippen molar-refractivity contribution in [3.63, 3.8) is 0 Å². The van der Waals surface area contributed by atoms with E-state index in [1.807, 2.05) is 0 Å². The molecule has 19 heavy (non-hydrogen) atoms. The summed E-state index contributed by atoms with van der Waals surface area (Å²) in [7, 11) is 1.78. The normalized spacial score (nSPS) is 22.2. The van der Waals surface area contributed by atoms with Crippen LogP contribution in [0.5, 0.6) is 0 Å². The van der Waals surface area contributed by atoms with Gasteiger partial charge in [0.05, 0.1) is 6.61 Å². The molecule has 1 N–H and O–H groups in total. The molecule has 0 bridgehead atoms. The summed E-state index contributed by atoms with van der Waals surface area (Å²) in [6, 6.07) is 11.2. The minimum atomic E-state index is 0.0911. The van der Waals surface area contributed by atoms with E-state index in [0.29, 0.717) is 6.04 Å². The molecule has 3 nitrogen and oxygen atoms in total. The molecule has 106 valence electrons. The van der Waals surface area contributed by atoms with Crippen LogP contribution < -0.4 is 5.32 Å². The van der Waals surface area contributed by atoms with Crippen LogP contribution in [0.4, 0.5) is 0 Å². The molecular weight excluding hydrogens is 236 g/mol. The van der Waals surface area contributed by atoms with Gasteiger partial charge in [0.25, 0.3) is 0 Å². The molecule has 3 heteroatoms. The number of benzene rings is 1. The summed E-state index contributed by atoms with van der Waals surface area (Å²) in [5.74, 6) is 0. The zero-order valence-electron chi connectivity index (χ0n) is 12.4. The lowest BCUT2D eigenvalue weighted by molar-refractivity contribution is 0.0325. The van der Waals surface area contributed by atoms with Gasteiger partial charge in [-0.25, -0.2) is 0 Å². The highest BCUT2D eigenvalue weighted by atomic mass is 16.5. The highest BCUT2D eigenvalue weighted by Gasteiger charge is 2.30. The molecule has 1 saturated heterocycles. The average Bonchev–Trinajstić information content (AvgIpc) is 2.66. The van der Waals surface area contributed by atoms with Crippen molar-refractivity contribution in [3.05, 3.63) is 35.9 Å². The van der Waals surface area contributed by atoms with Crippen molar-refractivity contribution in [1.29, 1.82) is 0 Å². The van der Waals surface area contributed by atoms with Crippen molar-refractivity contribution in [2.24, 2.45) is 0 Å². The lowest BCUT2D eigenvalue weighted by Gasteiger charge is -2.38. The molecule has 1 aliphatic heterocycles. The summed E-state index contributed by atoms with van der Waals surface area (Å²) in [5, 5.41) is 3.66. The zero-order valence-corrected chi connectivity index (χ0v) is 12.4. The van der Waals surface area contributed by atoms with Crippen molar-refractivity contribution in [3.8, 4) is 0 Å². The number of methoxy groups -OCH3 is 1. The smallest absolute Gasteiger partial charge is 0.0641 e. The molecule has 0 spiro atoms. The summed E-state index contributed by atoms with van der Waals surface area (Å²) < 4.78 is 5.38. The number of nitrogens with zero attached hydrogens (tertiary/aromatic N) is 1. The quantitative estimate of drug-likeness (QED) is 0.902. The maximum Gasteiger partial charge on any atom is 0.0641 e.